The Hall–Kier alpha value is -8.53. The number of esters is 2. The Bertz CT molecular complexity index is 3200. The molecule has 0 aromatic heterocycles. The third-order valence-electron chi connectivity index (χ3n) is 16.1. The van der Waals surface area contributed by atoms with Crippen LogP contribution in [0, 0.1) is 5.41 Å². The molecule has 0 unspecified atom stereocenters. The van der Waals surface area contributed by atoms with Crippen LogP contribution in [0.3, 0.4) is 0 Å². The highest BCUT2D eigenvalue weighted by atomic mass is 16.6. The van der Waals surface area contributed by atoms with Crippen molar-refractivity contribution in [2.75, 3.05) is 81.9 Å². The number of cyclic esters (lactones) is 2. The minimum absolute atomic E-state index is 0.00520. The van der Waals surface area contributed by atoms with E-state index < -0.39 is 114 Å². The molecule has 0 aliphatic carbocycles. The number of ketones is 1. The van der Waals surface area contributed by atoms with Crippen molar-refractivity contribution >= 4 is 63.9 Å². The normalized spacial score (nSPS) is 21.7. The van der Waals surface area contributed by atoms with Crippen LogP contribution in [0.4, 0.5) is 0 Å². The van der Waals surface area contributed by atoms with Crippen LogP contribution in [0.1, 0.15) is 116 Å². The number of carbonyl (C=O) groups is 9. The highest BCUT2D eigenvalue weighted by Gasteiger charge is 2.43. The first-order valence-electron chi connectivity index (χ1n) is 30.7. The Morgan fingerprint density at radius 3 is 2.11 bits per heavy atom. The van der Waals surface area contributed by atoms with Gasteiger partial charge < -0.3 is 63.4 Å². The largest absolute Gasteiger partial charge is 0.493 e. The van der Waals surface area contributed by atoms with E-state index in [4.69, 9.17) is 33.2 Å². The van der Waals surface area contributed by atoms with Crippen LogP contribution in [0.2, 0.25) is 0 Å². The highest BCUT2D eigenvalue weighted by Crippen LogP contribution is 2.39. The maximum absolute atomic E-state index is 15.1. The Balaban J connectivity index is 1.36. The molecule has 90 heavy (non-hydrogen) atoms. The number of fused-ring (bicyclic) bond motifs is 4. The molecule has 6 amide bonds. The number of nitrogens with one attached hydrogen (secondary N) is 2. The molecular weight excluding hydrogens is 1160 g/mol. The van der Waals surface area contributed by atoms with Gasteiger partial charge in [0.1, 0.15) is 42.6 Å². The SMILES string of the molecule is CCCC[C@H]1C(=O)N[C@@H](Cc2ccc3ccccc3c2)C(=O)N(C)[C@@H](COC(C)(C)C)C(=O)NCC(=O)N(C)CC/C=C/C(=O)OCC(C)(C)C(=O)C(=O)N2CCCC[C@H]2C(=O)O[C@H](CCc2cc(OC)c(OC)c(OC)c2)c2cccc(c2)OCC(=O)N1C. The second kappa shape index (κ2) is 32.8. The number of methoxy groups -OCH3 is 3. The van der Waals surface area contributed by atoms with Gasteiger partial charge in [-0.15, -0.1) is 0 Å². The molecule has 4 aromatic carbocycles. The fourth-order valence-electron chi connectivity index (χ4n) is 10.6. The van der Waals surface area contributed by atoms with Crippen molar-refractivity contribution in [2.45, 2.75) is 142 Å². The van der Waals surface area contributed by atoms with Crippen LogP contribution >= 0.6 is 0 Å². The first-order valence-corrected chi connectivity index (χ1v) is 30.7. The third-order valence-corrected chi connectivity index (χ3v) is 16.1. The van der Waals surface area contributed by atoms with E-state index in [1.54, 1.807) is 57.2 Å². The average molecular weight is 1250 g/mol. The number of rotatable bonds is 13. The van der Waals surface area contributed by atoms with E-state index in [2.05, 4.69) is 10.6 Å². The molecule has 1 saturated heterocycles. The Labute approximate surface area is 528 Å². The quantitative estimate of drug-likeness (QED) is 0.102. The monoisotopic (exact) mass is 1250 g/mol. The Morgan fingerprint density at radius 2 is 1.43 bits per heavy atom. The van der Waals surface area contributed by atoms with Crippen LogP contribution in [0.25, 0.3) is 10.8 Å². The standard InChI is InChI=1S/C68H90N6O16/c1-13-14-26-51-63(80)70-50(36-44-29-31-46-22-15-16-23-47(46)35-44)64(81)73(9)53(41-89-67(2,3)4)62(79)69-40-57(75)71(7)33-19-18-28-59(77)88-43-68(5,6)61(78)65(82)74-34-20-17-27-52(74)66(83)90-54(48-24-21-25-49(39-48)87-42-58(76)72(51)8)32-30-45-37-55(84-10)60(86-12)56(38-45)85-11/h15-16,18,21-25,28-29,31,35,37-39,50-54H,13-14,17,19-20,26-27,30,32-34,36,40-43H2,1-12H3,(H,69,79)(H,70,80)/b28-18+/t50-,51-,52-,53-,54+/m0/s1. The van der Waals surface area contributed by atoms with Gasteiger partial charge in [0.2, 0.25) is 35.2 Å². The Morgan fingerprint density at radius 1 is 0.722 bits per heavy atom. The molecule has 2 aliphatic heterocycles. The summed E-state index contributed by atoms with van der Waals surface area (Å²) in [5.41, 5.74) is -0.343. The molecule has 5 atom stereocenters. The second-order valence-corrected chi connectivity index (χ2v) is 24.4. The van der Waals surface area contributed by atoms with Gasteiger partial charge in [-0.25, -0.2) is 9.59 Å². The van der Waals surface area contributed by atoms with Crippen molar-refractivity contribution in [2.24, 2.45) is 5.41 Å². The van der Waals surface area contributed by atoms with E-state index >= 15 is 4.79 Å². The van der Waals surface area contributed by atoms with Crippen LogP contribution in [0.5, 0.6) is 23.0 Å². The van der Waals surface area contributed by atoms with E-state index in [9.17, 15) is 38.4 Å². The molecule has 2 bridgehead atoms. The minimum Gasteiger partial charge on any atom is -0.493 e. The molecule has 1 fully saturated rings. The van der Waals surface area contributed by atoms with Gasteiger partial charge in [-0.05, 0) is 131 Å². The summed E-state index contributed by atoms with van der Waals surface area (Å²) in [5, 5.41) is 7.49. The molecule has 6 rings (SSSR count). The molecule has 0 radical (unpaired) electrons. The molecule has 4 aromatic rings. The number of nitrogens with zero attached hydrogens (tertiary/aromatic N) is 4. The third kappa shape index (κ3) is 19.5. The number of hydrogen-bond acceptors (Lipinski definition) is 16. The van der Waals surface area contributed by atoms with E-state index in [1.165, 1.54) is 82.0 Å². The zero-order chi connectivity index (χ0) is 65.9. The predicted molar refractivity (Wildman–Crippen MR) is 337 cm³/mol. The average Bonchev–Trinajstić information content (AvgIpc) is 1.24. The Kier molecular flexibility index (Phi) is 25.7. The number of piperidine rings is 1. The number of benzene rings is 4. The number of unbranched alkanes of at least 4 members (excludes halogenated alkanes) is 1. The lowest BCUT2D eigenvalue weighted by atomic mass is 9.87. The smallest absolute Gasteiger partial charge is 0.330 e. The minimum atomic E-state index is -1.51. The summed E-state index contributed by atoms with van der Waals surface area (Å²) < 4.78 is 40.9. The zero-order valence-corrected chi connectivity index (χ0v) is 54.2. The van der Waals surface area contributed by atoms with E-state index in [1.807, 2.05) is 49.4 Å². The van der Waals surface area contributed by atoms with Crippen molar-refractivity contribution in [1.82, 2.24) is 30.2 Å². The predicted octanol–water partition coefficient (Wildman–Crippen LogP) is 6.90. The van der Waals surface area contributed by atoms with Gasteiger partial charge in [0.05, 0.1) is 45.5 Å². The summed E-state index contributed by atoms with van der Waals surface area (Å²) in [6.45, 7) is 8.74. The lowest BCUT2D eigenvalue weighted by Gasteiger charge is -2.36. The number of likely N-dealkylation sites (N-methyl/N-ethyl adjacent to an activating group) is 3. The van der Waals surface area contributed by atoms with Crippen LogP contribution in [-0.2, 0) is 70.2 Å². The molecule has 22 nitrogen and oxygen atoms in total. The number of hydrogen-bond donors (Lipinski definition) is 2. The maximum atomic E-state index is 15.1. The number of aryl methyl sites for hydroxylation is 1. The van der Waals surface area contributed by atoms with Crippen LogP contribution < -0.4 is 29.6 Å². The van der Waals surface area contributed by atoms with Gasteiger partial charge in [0.25, 0.3) is 11.8 Å². The van der Waals surface area contributed by atoms with Crippen molar-refractivity contribution in [3.8, 4) is 23.0 Å². The van der Waals surface area contributed by atoms with Crippen molar-refractivity contribution in [3.63, 3.8) is 0 Å². The molecule has 2 aliphatic rings. The van der Waals surface area contributed by atoms with Crippen LogP contribution in [-0.4, -0.2) is 184 Å². The van der Waals surface area contributed by atoms with Gasteiger partial charge in [0.15, 0.2) is 18.1 Å². The van der Waals surface area contributed by atoms with Gasteiger partial charge in [-0.1, -0.05) is 80.4 Å². The van der Waals surface area contributed by atoms with E-state index in [-0.39, 0.29) is 57.6 Å². The number of ether oxygens (including phenoxy) is 7. The fraction of sp³-hybridized carbons (Fsp3) is 0.515. The molecule has 488 valence electrons. The summed E-state index contributed by atoms with van der Waals surface area (Å²) in [5.74, 6) is -4.96. The summed E-state index contributed by atoms with van der Waals surface area (Å²) >= 11 is 0. The van der Waals surface area contributed by atoms with Gasteiger partial charge in [-0.3, -0.25) is 33.6 Å². The van der Waals surface area contributed by atoms with E-state index in [0.29, 0.717) is 60.5 Å². The van der Waals surface area contributed by atoms with Crippen LogP contribution in [0.15, 0.2) is 91.0 Å². The van der Waals surface area contributed by atoms with Crippen molar-refractivity contribution in [1.29, 1.82) is 0 Å². The fourth-order valence-corrected chi connectivity index (χ4v) is 10.6. The number of Topliss-reactive ketones (excluding diaryl/α,β-unsaturated/α-hetero) is 1. The molecule has 0 saturated carbocycles. The number of carbonyl (C=O) groups excluding carboxylic acids is 9. The first-order chi connectivity index (χ1) is 42.8. The maximum Gasteiger partial charge on any atom is 0.330 e. The van der Waals surface area contributed by atoms with Crippen molar-refractivity contribution in [3.05, 3.63) is 108 Å². The van der Waals surface area contributed by atoms with E-state index in [0.717, 1.165) is 22.4 Å². The topological polar surface area (TPSA) is 255 Å². The first kappa shape index (κ1) is 70.6. The lowest BCUT2D eigenvalue weighted by Crippen LogP contribution is -2.59. The summed E-state index contributed by atoms with van der Waals surface area (Å²) in [6.07, 6.45) is 5.02. The summed E-state index contributed by atoms with van der Waals surface area (Å²) in [7, 11) is 8.93. The summed E-state index contributed by atoms with van der Waals surface area (Å²) in [4.78, 5) is 133. The van der Waals surface area contributed by atoms with Crippen molar-refractivity contribution < 1.29 is 76.3 Å². The van der Waals surface area contributed by atoms with Gasteiger partial charge >= 0.3 is 11.9 Å². The molecule has 22 heteroatoms. The summed E-state index contributed by atoms with van der Waals surface area (Å²) in [6, 6.07) is 18.8. The van der Waals surface area contributed by atoms with Gasteiger partial charge in [-0.2, -0.15) is 0 Å². The molecular formula is C68H90N6O16. The lowest BCUT2D eigenvalue weighted by molar-refractivity contribution is -0.165. The number of amides is 6. The van der Waals surface area contributed by atoms with Gasteiger partial charge in [0, 0.05) is 46.7 Å². The zero-order valence-electron chi connectivity index (χ0n) is 54.2. The highest BCUT2D eigenvalue weighted by molar-refractivity contribution is 6.38. The molecule has 2 heterocycles. The second-order valence-electron chi connectivity index (χ2n) is 24.4. The molecule has 2 N–H and O–H groups in total. The molecule has 0 spiro atoms.